The second-order valence-corrected chi connectivity index (χ2v) is 9.34. The molecule has 2 rings (SSSR count). The fourth-order valence-electron chi connectivity index (χ4n) is 2.40. The van der Waals surface area contributed by atoms with E-state index in [1.807, 2.05) is 36.4 Å². The summed E-state index contributed by atoms with van der Waals surface area (Å²) in [6, 6.07) is 13.2. The van der Waals surface area contributed by atoms with Crippen molar-refractivity contribution in [3.63, 3.8) is 0 Å². The van der Waals surface area contributed by atoms with Crippen LogP contribution in [0.15, 0.2) is 48.5 Å². The number of sulfone groups is 1. The first-order valence-corrected chi connectivity index (χ1v) is 10.9. The normalized spacial score (nSPS) is 12.4. The molecule has 6 nitrogen and oxygen atoms in total. The van der Waals surface area contributed by atoms with Gasteiger partial charge in [-0.1, -0.05) is 30.3 Å². The lowest BCUT2D eigenvalue weighted by atomic mass is 9.99. The summed E-state index contributed by atoms with van der Waals surface area (Å²) in [4.78, 5) is 24.0. The number of hydrogen-bond donors (Lipinski definition) is 2. The molecule has 138 valence electrons. The van der Waals surface area contributed by atoms with Crippen LogP contribution in [0, 0.1) is 3.57 Å². The largest absolute Gasteiger partial charge is 0.480 e. The van der Waals surface area contributed by atoms with E-state index in [1.165, 1.54) is 0 Å². The molecule has 2 aromatic carbocycles. The minimum atomic E-state index is -3.33. The van der Waals surface area contributed by atoms with E-state index in [-0.39, 0.29) is 12.2 Å². The Morgan fingerprint density at radius 1 is 1.15 bits per heavy atom. The van der Waals surface area contributed by atoms with Crippen LogP contribution in [0.2, 0.25) is 0 Å². The first-order chi connectivity index (χ1) is 12.2. The van der Waals surface area contributed by atoms with E-state index in [9.17, 15) is 23.1 Å². The average Bonchev–Trinajstić information content (AvgIpc) is 2.58. The number of carbonyl (C=O) groups excluding carboxylic acids is 1. The van der Waals surface area contributed by atoms with Gasteiger partial charge in [0.05, 0.1) is 5.75 Å². The van der Waals surface area contributed by atoms with Gasteiger partial charge in [0, 0.05) is 15.4 Å². The van der Waals surface area contributed by atoms with Gasteiger partial charge in [0.15, 0.2) is 0 Å². The van der Waals surface area contributed by atoms with E-state index in [0.717, 1.165) is 15.4 Å². The molecule has 1 amide bonds. The Hall–Kier alpha value is -1.94. The molecule has 0 fully saturated rings. The summed E-state index contributed by atoms with van der Waals surface area (Å²) in [5.74, 6) is -2.14. The molecular formula is C18H18INO5S. The smallest absolute Gasteiger partial charge is 0.326 e. The fourth-order valence-corrected chi connectivity index (χ4v) is 3.55. The van der Waals surface area contributed by atoms with E-state index in [1.54, 1.807) is 12.1 Å². The quantitative estimate of drug-likeness (QED) is 0.585. The summed E-state index contributed by atoms with van der Waals surface area (Å²) < 4.78 is 23.5. The number of carboxylic acids is 1. The van der Waals surface area contributed by atoms with Crippen LogP contribution in [0.3, 0.4) is 0 Å². The van der Waals surface area contributed by atoms with Gasteiger partial charge in [0.1, 0.15) is 15.9 Å². The Morgan fingerprint density at radius 2 is 1.81 bits per heavy atom. The van der Waals surface area contributed by atoms with E-state index in [2.05, 4.69) is 27.9 Å². The lowest BCUT2D eigenvalue weighted by Crippen LogP contribution is -2.42. The van der Waals surface area contributed by atoms with Gasteiger partial charge in [-0.05, 0) is 58.3 Å². The van der Waals surface area contributed by atoms with Crippen molar-refractivity contribution in [1.82, 2.24) is 5.32 Å². The molecule has 0 aliphatic heterocycles. The van der Waals surface area contributed by atoms with Crippen molar-refractivity contribution in [2.75, 3.05) is 12.0 Å². The molecule has 1 atom stereocenters. The molecule has 0 spiro atoms. The van der Waals surface area contributed by atoms with E-state index >= 15 is 0 Å². The minimum Gasteiger partial charge on any atom is -0.480 e. The fraction of sp³-hybridized carbons (Fsp3) is 0.222. The third kappa shape index (κ3) is 5.80. The third-order valence-corrected chi connectivity index (χ3v) is 5.34. The molecule has 0 heterocycles. The maximum Gasteiger partial charge on any atom is 0.326 e. The summed E-state index contributed by atoms with van der Waals surface area (Å²) in [6.45, 7) is 0. The summed E-state index contributed by atoms with van der Waals surface area (Å²) in [6.07, 6.45) is 0.839. The number of amides is 1. The van der Waals surface area contributed by atoms with Gasteiger partial charge >= 0.3 is 5.97 Å². The van der Waals surface area contributed by atoms with E-state index in [0.29, 0.717) is 11.1 Å². The van der Waals surface area contributed by atoms with E-state index in [4.69, 9.17) is 0 Å². The molecule has 0 aliphatic rings. The van der Waals surface area contributed by atoms with Crippen molar-refractivity contribution in [2.24, 2.45) is 0 Å². The van der Waals surface area contributed by atoms with Gasteiger partial charge in [0.2, 0.25) is 0 Å². The second-order valence-electron chi connectivity index (χ2n) is 5.84. The van der Waals surface area contributed by atoms with Crippen LogP contribution in [-0.4, -0.2) is 43.5 Å². The maximum absolute atomic E-state index is 12.7. The van der Waals surface area contributed by atoms with Crippen LogP contribution in [0.5, 0.6) is 0 Å². The standard InChI is InChI=1S/C18H18INO5S/c1-26(24,25)10-9-16(18(22)23)20-17(21)14-8-7-13(19)11-15(14)12-5-3-2-4-6-12/h2-8,11,16H,9-10H2,1H3,(H,20,21)(H,22,23)/t16-/m0/s1. The molecule has 0 unspecified atom stereocenters. The Bertz CT molecular complexity index is 912. The topological polar surface area (TPSA) is 101 Å². The van der Waals surface area contributed by atoms with Crippen molar-refractivity contribution >= 4 is 44.3 Å². The van der Waals surface area contributed by atoms with Crippen LogP contribution in [0.25, 0.3) is 11.1 Å². The first-order valence-electron chi connectivity index (χ1n) is 7.74. The number of halogens is 1. The zero-order valence-corrected chi connectivity index (χ0v) is 17.0. The number of hydrogen-bond acceptors (Lipinski definition) is 4. The van der Waals surface area contributed by atoms with Gasteiger partial charge in [-0.3, -0.25) is 4.79 Å². The predicted molar refractivity (Wildman–Crippen MR) is 108 cm³/mol. The summed E-state index contributed by atoms with van der Waals surface area (Å²) in [5.41, 5.74) is 1.85. The first kappa shape index (κ1) is 20.4. The molecule has 0 aromatic heterocycles. The SMILES string of the molecule is CS(=O)(=O)CC[C@H](NC(=O)c1ccc(I)cc1-c1ccccc1)C(=O)O. The highest BCUT2D eigenvalue weighted by Gasteiger charge is 2.23. The minimum absolute atomic E-state index is 0.190. The highest BCUT2D eigenvalue weighted by Crippen LogP contribution is 2.26. The molecule has 0 aliphatic carbocycles. The van der Waals surface area contributed by atoms with Gasteiger partial charge < -0.3 is 10.4 Å². The lowest BCUT2D eigenvalue weighted by molar-refractivity contribution is -0.139. The molecule has 2 aromatic rings. The molecule has 0 saturated carbocycles. The number of aliphatic carboxylic acids is 1. The molecule has 0 saturated heterocycles. The third-order valence-electron chi connectivity index (χ3n) is 3.69. The van der Waals surface area contributed by atoms with Crippen LogP contribution in [0.1, 0.15) is 16.8 Å². The molecule has 0 bridgehead atoms. The summed E-state index contributed by atoms with van der Waals surface area (Å²) in [5, 5.41) is 11.7. The lowest BCUT2D eigenvalue weighted by Gasteiger charge is -2.16. The van der Waals surface area contributed by atoms with Gasteiger partial charge in [-0.15, -0.1) is 0 Å². The second kappa shape index (κ2) is 8.63. The summed E-state index contributed by atoms with van der Waals surface area (Å²) >= 11 is 2.14. The Balaban J connectivity index is 2.30. The van der Waals surface area contributed by atoms with Crippen molar-refractivity contribution in [2.45, 2.75) is 12.5 Å². The monoisotopic (exact) mass is 487 g/mol. The number of carboxylic acid groups (broad SMARTS) is 1. The molecule has 2 N–H and O–H groups in total. The van der Waals surface area contributed by atoms with E-state index < -0.39 is 27.8 Å². The van der Waals surface area contributed by atoms with Crippen molar-refractivity contribution in [3.8, 4) is 11.1 Å². The van der Waals surface area contributed by atoms with Crippen molar-refractivity contribution in [3.05, 3.63) is 57.7 Å². The zero-order chi connectivity index (χ0) is 19.3. The van der Waals surface area contributed by atoms with Crippen molar-refractivity contribution < 1.29 is 23.1 Å². The van der Waals surface area contributed by atoms with Crippen molar-refractivity contribution in [1.29, 1.82) is 0 Å². The van der Waals surface area contributed by atoms with Gasteiger partial charge in [-0.2, -0.15) is 0 Å². The Labute approximate surface area is 165 Å². The highest BCUT2D eigenvalue weighted by atomic mass is 127. The molecule has 26 heavy (non-hydrogen) atoms. The number of carbonyl (C=O) groups is 2. The van der Waals surface area contributed by atoms with Crippen LogP contribution in [-0.2, 0) is 14.6 Å². The molecule has 0 radical (unpaired) electrons. The van der Waals surface area contributed by atoms with Gasteiger partial charge in [-0.25, -0.2) is 13.2 Å². The Morgan fingerprint density at radius 3 is 2.38 bits per heavy atom. The Kier molecular flexibility index (Phi) is 6.76. The number of rotatable bonds is 7. The molecule has 8 heteroatoms. The van der Waals surface area contributed by atoms with Crippen LogP contribution >= 0.6 is 22.6 Å². The molecular weight excluding hydrogens is 469 g/mol. The zero-order valence-electron chi connectivity index (χ0n) is 14.0. The highest BCUT2D eigenvalue weighted by molar-refractivity contribution is 14.1. The average molecular weight is 487 g/mol. The predicted octanol–water partition coefficient (Wildman–Crippen LogP) is 2.58. The van der Waals surface area contributed by atoms with Crippen LogP contribution in [0.4, 0.5) is 0 Å². The number of benzene rings is 2. The van der Waals surface area contributed by atoms with Gasteiger partial charge in [0.25, 0.3) is 5.91 Å². The van der Waals surface area contributed by atoms with Crippen LogP contribution < -0.4 is 5.32 Å². The maximum atomic E-state index is 12.7. The number of nitrogens with one attached hydrogen (secondary N) is 1. The summed E-state index contributed by atoms with van der Waals surface area (Å²) in [7, 11) is -3.33.